The van der Waals surface area contributed by atoms with Gasteiger partial charge in [-0.3, -0.25) is 0 Å². The summed E-state index contributed by atoms with van der Waals surface area (Å²) in [6, 6.07) is 0. The molecule has 0 spiro atoms. The normalized spacial score (nSPS) is 11.5. The van der Waals surface area contributed by atoms with Gasteiger partial charge in [0.2, 0.25) is 0 Å². The molecule has 0 fully saturated rings. The molecule has 0 aromatic heterocycles. The molecule has 0 aromatic rings. The first kappa shape index (κ1) is 25.0. The maximum absolute atomic E-state index is 5.62. The van der Waals surface area contributed by atoms with Crippen molar-refractivity contribution in [2.24, 2.45) is 5.92 Å². The van der Waals surface area contributed by atoms with Gasteiger partial charge in [0.1, 0.15) is 0 Å². The van der Waals surface area contributed by atoms with Crippen LogP contribution in [0.15, 0.2) is 0 Å². The molecule has 0 unspecified atom stereocenters. The Hall–Kier alpha value is -0.0400. The van der Waals surface area contributed by atoms with Crippen LogP contribution in [0.3, 0.4) is 0 Å². The van der Waals surface area contributed by atoms with Gasteiger partial charge in [-0.15, -0.1) is 0 Å². The number of unbranched alkanes of at least 4 members (excludes halogenated alkanes) is 17. The van der Waals surface area contributed by atoms with Crippen molar-refractivity contribution in [3.8, 4) is 0 Å². The molecule has 0 aliphatic carbocycles. The van der Waals surface area contributed by atoms with Crippen molar-refractivity contribution in [3.05, 3.63) is 0 Å². The largest absolute Gasteiger partial charge is 0.381 e. The molecule has 1 heteroatoms. The molecule has 0 aromatic carbocycles. The predicted molar refractivity (Wildman–Crippen MR) is 114 cm³/mol. The summed E-state index contributed by atoms with van der Waals surface area (Å²) in [5.41, 5.74) is 0. The van der Waals surface area contributed by atoms with Crippen LogP contribution in [0.25, 0.3) is 0 Å². The van der Waals surface area contributed by atoms with Crippen molar-refractivity contribution < 1.29 is 4.74 Å². The Labute approximate surface area is 160 Å². The molecule has 152 valence electrons. The fraction of sp³-hybridized carbons (Fsp3) is 1.00. The van der Waals surface area contributed by atoms with Crippen molar-refractivity contribution in [2.75, 3.05) is 13.2 Å². The molecule has 0 rings (SSSR count). The first-order chi connectivity index (χ1) is 12.3. The lowest BCUT2D eigenvalue weighted by Gasteiger charge is -2.06. The van der Waals surface area contributed by atoms with Crippen LogP contribution < -0.4 is 0 Å². The zero-order valence-electron chi connectivity index (χ0n) is 18.1. The summed E-state index contributed by atoms with van der Waals surface area (Å²) in [6.07, 6.45) is 25.9. The minimum absolute atomic E-state index is 0.676. The quantitative estimate of drug-likeness (QED) is 0.187. The van der Waals surface area contributed by atoms with Crippen LogP contribution in [0.2, 0.25) is 0 Å². The van der Waals surface area contributed by atoms with Gasteiger partial charge in [0.25, 0.3) is 0 Å². The van der Waals surface area contributed by atoms with E-state index in [1.807, 2.05) is 0 Å². The van der Waals surface area contributed by atoms with E-state index in [1.165, 1.54) is 116 Å². The van der Waals surface area contributed by atoms with E-state index in [1.54, 1.807) is 0 Å². The third-order valence-electron chi connectivity index (χ3n) is 5.09. The minimum Gasteiger partial charge on any atom is -0.381 e. The van der Waals surface area contributed by atoms with Crippen LogP contribution in [0, 0.1) is 5.92 Å². The number of hydrogen-bond donors (Lipinski definition) is 0. The van der Waals surface area contributed by atoms with Gasteiger partial charge in [0.05, 0.1) is 0 Å². The average molecular weight is 355 g/mol. The van der Waals surface area contributed by atoms with Crippen LogP contribution >= 0.6 is 0 Å². The second-order valence-corrected chi connectivity index (χ2v) is 8.48. The van der Waals surface area contributed by atoms with Crippen molar-refractivity contribution in [3.63, 3.8) is 0 Å². The molecule has 0 N–H and O–H groups in total. The Morgan fingerprint density at radius 1 is 0.480 bits per heavy atom. The van der Waals surface area contributed by atoms with Crippen LogP contribution in [-0.2, 0) is 4.74 Å². The van der Waals surface area contributed by atoms with Gasteiger partial charge >= 0.3 is 0 Å². The first-order valence-corrected chi connectivity index (χ1v) is 11.8. The molecule has 0 bridgehead atoms. The second-order valence-electron chi connectivity index (χ2n) is 8.48. The van der Waals surface area contributed by atoms with Gasteiger partial charge in [0.15, 0.2) is 0 Å². The van der Waals surface area contributed by atoms with Crippen molar-refractivity contribution in [2.45, 2.75) is 136 Å². The molecule has 25 heavy (non-hydrogen) atoms. The zero-order valence-corrected chi connectivity index (χ0v) is 18.1. The van der Waals surface area contributed by atoms with E-state index in [2.05, 4.69) is 20.8 Å². The number of hydrogen-bond acceptors (Lipinski definition) is 1. The summed E-state index contributed by atoms with van der Waals surface area (Å²) in [5.74, 6) is 0.676. The van der Waals surface area contributed by atoms with Crippen LogP contribution in [-0.4, -0.2) is 13.2 Å². The zero-order chi connectivity index (χ0) is 18.4. The molecule has 0 saturated carbocycles. The summed E-state index contributed by atoms with van der Waals surface area (Å²) in [4.78, 5) is 0. The van der Waals surface area contributed by atoms with Gasteiger partial charge < -0.3 is 4.74 Å². The molecule has 0 aliphatic heterocycles. The van der Waals surface area contributed by atoms with Gasteiger partial charge in [0, 0.05) is 13.2 Å². The SMILES string of the molecule is CCCCCCCCCCCCCCCCCCCCOCC(C)C. The lowest BCUT2D eigenvalue weighted by atomic mass is 10.0. The highest BCUT2D eigenvalue weighted by atomic mass is 16.5. The molecular weight excluding hydrogens is 304 g/mol. The van der Waals surface area contributed by atoms with E-state index in [0.29, 0.717) is 5.92 Å². The fourth-order valence-corrected chi connectivity index (χ4v) is 3.42. The third kappa shape index (κ3) is 24.0. The molecule has 0 saturated heterocycles. The number of rotatable bonds is 21. The number of ether oxygens (including phenoxy) is 1. The van der Waals surface area contributed by atoms with E-state index in [0.717, 1.165) is 13.2 Å². The Kier molecular flexibility index (Phi) is 22.0. The van der Waals surface area contributed by atoms with Gasteiger partial charge in [-0.1, -0.05) is 130 Å². The topological polar surface area (TPSA) is 9.23 Å². The lowest BCUT2D eigenvalue weighted by Crippen LogP contribution is -2.02. The highest BCUT2D eigenvalue weighted by Crippen LogP contribution is 2.14. The van der Waals surface area contributed by atoms with Gasteiger partial charge in [-0.2, -0.15) is 0 Å². The molecule has 0 aliphatic rings. The second kappa shape index (κ2) is 22.0. The Morgan fingerprint density at radius 3 is 1.12 bits per heavy atom. The molecule has 0 radical (unpaired) electrons. The van der Waals surface area contributed by atoms with Gasteiger partial charge in [-0.25, -0.2) is 0 Å². The van der Waals surface area contributed by atoms with E-state index >= 15 is 0 Å². The van der Waals surface area contributed by atoms with Crippen molar-refractivity contribution >= 4 is 0 Å². The Morgan fingerprint density at radius 2 is 0.800 bits per heavy atom. The van der Waals surface area contributed by atoms with E-state index in [4.69, 9.17) is 4.74 Å². The summed E-state index contributed by atoms with van der Waals surface area (Å²) in [7, 11) is 0. The summed E-state index contributed by atoms with van der Waals surface area (Å²) >= 11 is 0. The maximum atomic E-state index is 5.62. The first-order valence-electron chi connectivity index (χ1n) is 11.8. The van der Waals surface area contributed by atoms with E-state index in [-0.39, 0.29) is 0 Å². The fourth-order valence-electron chi connectivity index (χ4n) is 3.42. The molecule has 0 heterocycles. The highest BCUT2D eigenvalue weighted by molar-refractivity contribution is 4.50. The van der Waals surface area contributed by atoms with E-state index < -0.39 is 0 Å². The van der Waals surface area contributed by atoms with Crippen LogP contribution in [0.5, 0.6) is 0 Å². The van der Waals surface area contributed by atoms with E-state index in [9.17, 15) is 0 Å². The smallest absolute Gasteiger partial charge is 0.0488 e. The maximum Gasteiger partial charge on any atom is 0.0488 e. The lowest BCUT2D eigenvalue weighted by molar-refractivity contribution is 0.106. The molecular formula is C24H50O. The standard InChI is InChI=1S/C24H50O/c1-4-5-6-7-8-9-10-11-12-13-14-15-16-17-18-19-20-21-22-25-23-24(2)3/h24H,4-23H2,1-3H3. The van der Waals surface area contributed by atoms with Crippen molar-refractivity contribution in [1.82, 2.24) is 0 Å². The molecule has 1 nitrogen and oxygen atoms in total. The third-order valence-corrected chi connectivity index (χ3v) is 5.09. The van der Waals surface area contributed by atoms with Crippen LogP contribution in [0.4, 0.5) is 0 Å². The predicted octanol–water partition coefficient (Wildman–Crippen LogP) is 8.70. The molecule has 0 atom stereocenters. The van der Waals surface area contributed by atoms with Gasteiger partial charge in [-0.05, 0) is 12.3 Å². The van der Waals surface area contributed by atoms with Crippen molar-refractivity contribution in [1.29, 1.82) is 0 Å². The molecule has 0 amide bonds. The average Bonchev–Trinajstić information content (AvgIpc) is 2.60. The van der Waals surface area contributed by atoms with Crippen LogP contribution in [0.1, 0.15) is 136 Å². The Bertz CT molecular complexity index is 224. The summed E-state index contributed by atoms with van der Waals surface area (Å²) in [6.45, 7) is 8.63. The minimum atomic E-state index is 0.676. The summed E-state index contributed by atoms with van der Waals surface area (Å²) in [5, 5.41) is 0. The monoisotopic (exact) mass is 354 g/mol. The highest BCUT2D eigenvalue weighted by Gasteiger charge is 1.96. The Balaban J connectivity index is 2.96. The summed E-state index contributed by atoms with van der Waals surface area (Å²) < 4.78 is 5.62.